The van der Waals surface area contributed by atoms with E-state index in [0.717, 1.165) is 0 Å². The molecule has 2 atom stereocenters. The summed E-state index contributed by atoms with van der Waals surface area (Å²) in [5.41, 5.74) is 1.20. The zero-order valence-electron chi connectivity index (χ0n) is 18.4. The van der Waals surface area contributed by atoms with Crippen molar-refractivity contribution in [2.75, 3.05) is 43.6 Å². The number of nitrogens with zero attached hydrogens (tertiary/aromatic N) is 2. The lowest BCUT2D eigenvalue weighted by atomic mass is 10.2. The second-order valence-corrected chi connectivity index (χ2v) is 8.06. The molecular weight excluding hydrogens is 466 g/mol. The third-order valence-corrected chi connectivity index (χ3v) is 5.67. The van der Waals surface area contributed by atoms with E-state index in [0.29, 0.717) is 36.7 Å². The summed E-state index contributed by atoms with van der Waals surface area (Å²) in [4.78, 5) is 40.2. The summed E-state index contributed by atoms with van der Waals surface area (Å²) in [6.45, 7) is 1.28. The third kappa shape index (κ3) is 5.77. The summed E-state index contributed by atoms with van der Waals surface area (Å²) >= 11 is 5.74. The van der Waals surface area contributed by atoms with Crippen molar-refractivity contribution in [3.8, 4) is 0 Å². The Balaban J connectivity index is 1.36. The van der Waals surface area contributed by atoms with Crippen LogP contribution in [0.3, 0.4) is 0 Å². The van der Waals surface area contributed by atoms with Gasteiger partial charge in [0.1, 0.15) is 12.4 Å². The van der Waals surface area contributed by atoms with Crippen LogP contribution < -0.4 is 10.2 Å². The summed E-state index contributed by atoms with van der Waals surface area (Å²) in [5.74, 6) is -0.0445. The Bertz CT molecular complexity index is 1070. The van der Waals surface area contributed by atoms with Crippen LogP contribution in [0.15, 0.2) is 46.9 Å². The largest absolute Gasteiger partial charge is 0.445 e. The van der Waals surface area contributed by atoms with Gasteiger partial charge >= 0.3 is 6.09 Å². The quantitative estimate of drug-likeness (QED) is 0.620. The number of carbonyl (C=O) groups excluding carboxylic acids is 3. The smallest absolute Gasteiger partial charge is 0.413 e. The summed E-state index contributed by atoms with van der Waals surface area (Å²) in [5, 5.41) is 2.87. The Hall–Kier alpha value is -3.34. The van der Waals surface area contributed by atoms with E-state index in [1.165, 1.54) is 24.2 Å². The van der Waals surface area contributed by atoms with Crippen LogP contribution in [0.4, 0.5) is 16.2 Å². The normalized spacial score (nSPS) is 20.7. The van der Waals surface area contributed by atoms with Gasteiger partial charge in [0, 0.05) is 37.5 Å². The molecule has 2 saturated heterocycles. The molecule has 11 heteroatoms. The fraction of sp³-hybridized carbons (Fsp3) is 0.348. The highest BCUT2D eigenvalue weighted by atomic mass is 35.5. The molecule has 2 aliphatic heterocycles. The van der Waals surface area contributed by atoms with Crippen LogP contribution in [0.1, 0.15) is 12.2 Å². The monoisotopic (exact) mass is 489 g/mol. The van der Waals surface area contributed by atoms with E-state index in [1.54, 1.807) is 41.3 Å². The number of carbonyl (C=O) groups is 3. The number of benzene rings is 1. The lowest BCUT2D eigenvalue weighted by Crippen LogP contribution is -2.41. The molecule has 2 aromatic rings. The molecule has 1 N–H and O–H groups in total. The van der Waals surface area contributed by atoms with Gasteiger partial charge in [0.05, 0.1) is 19.3 Å². The lowest BCUT2D eigenvalue weighted by Gasteiger charge is -2.27. The van der Waals surface area contributed by atoms with Crippen LogP contribution in [-0.4, -0.2) is 68.6 Å². The maximum Gasteiger partial charge on any atom is 0.413 e. The minimum Gasteiger partial charge on any atom is -0.445 e. The molecule has 0 aliphatic carbocycles. The first-order chi connectivity index (χ1) is 16.4. The van der Waals surface area contributed by atoms with Gasteiger partial charge in [0.2, 0.25) is 5.91 Å². The predicted molar refractivity (Wildman–Crippen MR) is 123 cm³/mol. The number of rotatable bonds is 6. The van der Waals surface area contributed by atoms with Crippen molar-refractivity contribution >= 4 is 47.0 Å². The van der Waals surface area contributed by atoms with E-state index in [-0.39, 0.29) is 36.3 Å². The van der Waals surface area contributed by atoms with Crippen molar-refractivity contribution in [2.45, 2.75) is 18.8 Å². The number of amides is 3. The fourth-order valence-corrected chi connectivity index (χ4v) is 3.88. The molecule has 3 heterocycles. The van der Waals surface area contributed by atoms with Gasteiger partial charge < -0.3 is 28.4 Å². The van der Waals surface area contributed by atoms with Gasteiger partial charge in [-0.25, -0.2) is 4.79 Å². The number of anilines is 2. The highest BCUT2D eigenvalue weighted by Gasteiger charge is 2.37. The van der Waals surface area contributed by atoms with Gasteiger partial charge in [-0.1, -0.05) is 0 Å². The highest BCUT2D eigenvalue weighted by molar-refractivity contribution is 6.28. The Morgan fingerprint density at radius 3 is 2.68 bits per heavy atom. The summed E-state index contributed by atoms with van der Waals surface area (Å²) < 4.78 is 21.2. The van der Waals surface area contributed by atoms with E-state index < -0.39 is 12.3 Å². The van der Waals surface area contributed by atoms with Crippen molar-refractivity contribution in [2.24, 2.45) is 0 Å². The zero-order valence-corrected chi connectivity index (χ0v) is 19.2. The number of hydrogen-bond acceptors (Lipinski definition) is 7. The number of morpholine rings is 1. The maximum absolute atomic E-state index is 12.7. The van der Waals surface area contributed by atoms with E-state index in [4.69, 9.17) is 30.2 Å². The van der Waals surface area contributed by atoms with Gasteiger partial charge in [-0.05, 0) is 54.1 Å². The molecule has 180 valence electrons. The number of ether oxygens (including phenoxy) is 3. The Kier molecular flexibility index (Phi) is 7.51. The second-order valence-electron chi connectivity index (χ2n) is 7.69. The third-order valence-electron chi connectivity index (χ3n) is 5.47. The maximum atomic E-state index is 12.7. The molecule has 2 fully saturated rings. The molecule has 0 radical (unpaired) electrons. The number of likely N-dealkylation sites (tertiary alicyclic amines) is 1. The van der Waals surface area contributed by atoms with Crippen LogP contribution in [0, 0.1) is 0 Å². The summed E-state index contributed by atoms with van der Waals surface area (Å²) in [7, 11) is 1.54. The van der Waals surface area contributed by atoms with Gasteiger partial charge in [-0.15, -0.1) is 0 Å². The van der Waals surface area contributed by atoms with Crippen LogP contribution in [0.5, 0.6) is 0 Å². The predicted octanol–water partition coefficient (Wildman–Crippen LogP) is 3.13. The van der Waals surface area contributed by atoms with Crippen molar-refractivity contribution in [3.05, 3.63) is 53.5 Å². The average Bonchev–Trinajstić information content (AvgIpc) is 3.44. The number of hydrogen-bond donors (Lipinski definition) is 1. The lowest BCUT2D eigenvalue weighted by molar-refractivity contribution is -0.132. The van der Waals surface area contributed by atoms with Crippen molar-refractivity contribution in [1.29, 1.82) is 0 Å². The Morgan fingerprint density at radius 2 is 2.00 bits per heavy atom. The highest BCUT2D eigenvalue weighted by Crippen LogP contribution is 2.24. The van der Waals surface area contributed by atoms with Gasteiger partial charge in [-0.2, -0.15) is 0 Å². The first-order valence-corrected chi connectivity index (χ1v) is 11.0. The SMILES string of the molecule is CO[C@@H]1C[C@@H](OC(=O)Nc2ccc(N3CCOCC3=O)cc2)N(C(=O)/C=C/c2ccc(Cl)o2)C1. The topological polar surface area (TPSA) is 111 Å². The molecule has 4 rings (SSSR count). The molecular formula is C23H24ClN3O7. The van der Waals surface area contributed by atoms with Gasteiger partial charge in [-0.3, -0.25) is 14.9 Å². The van der Waals surface area contributed by atoms with Crippen molar-refractivity contribution in [3.63, 3.8) is 0 Å². The molecule has 0 spiro atoms. The van der Waals surface area contributed by atoms with Crippen LogP contribution in [-0.2, 0) is 23.8 Å². The molecule has 10 nitrogen and oxygen atoms in total. The number of methoxy groups -OCH3 is 1. The number of furan rings is 1. The van der Waals surface area contributed by atoms with Gasteiger partial charge in [0.15, 0.2) is 11.4 Å². The average molecular weight is 490 g/mol. The Morgan fingerprint density at radius 1 is 1.21 bits per heavy atom. The van der Waals surface area contributed by atoms with Crippen LogP contribution in [0.2, 0.25) is 5.22 Å². The Labute approximate surface area is 201 Å². The second kappa shape index (κ2) is 10.7. The fourth-order valence-electron chi connectivity index (χ4n) is 3.73. The summed E-state index contributed by atoms with van der Waals surface area (Å²) in [6.07, 6.45) is 1.38. The molecule has 0 bridgehead atoms. The molecule has 1 aromatic carbocycles. The number of nitrogens with one attached hydrogen (secondary N) is 1. The van der Waals surface area contributed by atoms with Crippen molar-refractivity contribution in [1.82, 2.24) is 4.90 Å². The summed E-state index contributed by atoms with van der Waals surface area (Å²) in [6, 6.07) is 10.0. The molecule has 0 unspecified atom stereocenters. The molecule has 2 aliphatic rings. The molecule has 1 aromatic heterocycles. The van der Waals surface area contributed by atoms with Crippen LogP contribution >= 0.6 is 11.6 Å². The van der Waals surface area contributed by atoms with Gasteiger partial charge in [0.25, 0.3) is 5.91 Å². The van der Waals surface area contributed by atoms with E-state index in [9.17, 15) is 14.4 Å². The standard InChI is InChI=1S/C23H24ClN3O7/c1-31-18-12-22(27(13-18)20(28)9-7-17-6-8-19(24)33-17)34-23(30)25-15-2-4-16(5-3-15)26-10-11-32-14-21(26)29/h2-9,18,22H,10-14H2,1H3,(H,25,30)/b9-7+/t18-,22-/m1/s1. The molecule has 34 heavy (non-hydrogen) atoms. The van der Waals surface area contributed by atoms with E-state index in [2.05, 4.69) is 5.32 Å². The van der Waals surface area contributed by atoms with Crippen LogP contribution in [0.25, 0.3) is 6.08 Å². The van der Waals surface area contributed by atoms with E-state index in [1.807, 2.05) is 0 Å². The zero-order chi connectivity index (χ0) is 24.1. The minimum absolute atomic E-state index is 0.0514. The molecule has 3 amide bonds. The minimum atomic E-state index is -0.799. The number of halogens is 1. The molecule has 0 saturated carbocycles. The van der Waals surface area contributed by atoms with E-state index >= 15 is 0 Å². The first kappa shape index (κ1) is 23.8. The van der Waals surface area contributed by atoms with Crippen molar-refractivity contribution < 1.29 is 33.0 Å². The first-order valence-electron chi connectivity index (χ1n) is 10.7.